The Morgan fingerprint density at radius 2 is 2.07 bits per heavy atom. The van der Waals surface area contributed by atoms with Gasteiger partial charge in [-0.2, -0.15) is 0 Å². The Kier molecular flexibility index (Phi) is 6.57. The first-order valence-corrected chi connectivity index (χ1v) is 6.33. The second-order valence-corrected chi connectivity index (χ2v) is 4.33. The molecule has 1 saturated heterocycles. The number of rotatable bonds is 7. The van der Waals surface area contributed by atoms with E-state index in [0.717, 1.165) is 52.2 Å². The van der Waals surface area contributed by atoms with E-state index in [9.17, 15) is 0 Å². The van der Waals surface area contributed by atoms with Crippen molar-refractivity contribution in [2.24, 2.45) is 0 Å². The van der Waals surface area contributed by atoms with Gasteiger partial charge in [-0.25, -0.2) is 0 Å². The summed E-state index contributed by atoms with van der Waals surface area (Å²) in [5, 5.41) is 3.51. The Morgan fingerprint density at radius 3 is 2.67 bits per heavy atom. The van der Waals surface area contributed by atoms with E-state index in [2.05, 4.69) is 12.2 Å². The van der Waals surface area contributed by atoms with E-state index >= 15 is 0 Å². The van der Waals surface area contributed by atoms with Crippen molar-refractivity contribution in [3.8, 4) is 0 Å². The monoisotopic (exact) mass is 235 g/mol. The van der Waals surface area contributed by atoms with Gasteiger partial charge in [0.15, 0.2) is 0 Å². The van der Waals surface area contributed by atoms with E-state index in [0.29, 0.717) is 5.88 Å². The topological polar surface area (TPSA) is 30.5 Å². The van der Waals surface area contributed by atoms with Crippen LogP contribution in [0, 0.1) is 0 Å². The zero-order valence-electron chi connectivity index (χ0n) is 9.56. The first kappa shape index (κ1) is 13.2. The molecule has 15 heavy (non-hydrogen) atoms. The maximum atomic E-state index is 6.02. The Labute approximate surface area is 97.5 Å². The van der Waals surface area contributed by atoms with Crippen molar-refractivity contribution in [3.63, 3.8) is 0 Å². The molecule has 0 aromatic carbocycles. The average Bonchev–Trinajstić information content (AvgIpc) is 2.30. The van der Waals surface area contributed by atoms with Gasteiger partial charge in [0.25, 0.3) is 0 Å². The molecule has 0 atom stereocenters. The van der Waals surface area contributed by atoms with E-state index in [1.165, 1.54) is 0 Å². The summed E-state index contributed by atoms with van der Waals surface area (Å²) in [5.74, 6) is 0.657. The van der Waals surface area contributed by atoms with E-state index in [1.807, 2.05) is 0 Å². The maximum Gasteiger partial charge on any atom is 0.0591 e. The molecule has 0 aliphatic carbocycles. The van der Waals surface area contributed by atoms with Gasteiger partial charge in [0.1, 0.15) is 0 Å². The van der Waals surface area contributed by atoms with Gasteiger partial charge in [-0.1, -0.05) is 6.92 Å². The molecule has 1 heterocycles. The van der Waals surface area contributed by atoms with Crippen LogP contribution in [0.3, 0.4) is 0 Å². The minimum Gasteiger partial charge on any atom is -0.381 e. The summed E-state index contributed by atoms with van der Waals surface area (Å²) in [7, 11) is 0. The molecule has 0 unspecified atom stereocenters. The third-order valence-corrected chi connectivity index (χ3v) is 3.31. The Hall–Kier alpha value is 0.170. The molecule has 90 valence electrons. The fourth-order valence-corrected chi connectivity index (χ4v) is 2.12. The highest BCUT2D eigenvalue weighted by atomic mass is 35.5. The number of alkyl halides is 1. The highest BCUT2D eigenvalue weighted by Crippen LogP contribution is 2.21. The number of ether oxygens (including phenoxy) is 2. The van der Waals surface area contributed by atoms with Crippen molar-refractivity contribution < 1.29 is 9.47 Å². The molecule has 1 rings (SSSR count). The van der Waals surface area contributed by atoms with Crippen molar-refractivity contribution in [2.75, 3.05) is 38.9 Å². The van der Waals surface area contributed by atoms with Gasteiger partial charge in [-0.05, 0) is 19.3 Å². The zero-order chi connectivity index (χ0) is 11.0. The predicted octanol–water partition coefficient (Wildman–Crippen LogP) is 1.79. The molecule has 1 fully saturated rings. The lowest BCUT2D eigenvalue weighted by Crippen LogP contribution is -2.52. The summed E-state index contributed by atoms with van der Waals surface area (Å²) in [6.07, 6.45) is 3.09. The van der Waals surface area contributed by atoms with Gasteiger partial charge < -0.3 is 14.8 Å². The van der Waals surface area contributed by atoms with E-state index in [-0.39, 0.29) is 5.54 Å². The minimum atomic E-state index is 0.0788. The van der Waals surface area contributed by atoms with E-state index < -0.39 is 0 Å². The summed E-state index contributed by atoms with van der Waals surface area (Å²) in [5.41, 5.74) is 0.0788. The van der Waals surface area contributed by atoms with Gasteiger partial charge in [-0.15, -0.1) is 11.6 Å². The van der Waals surface area contributed by atoms with Crippen LogP contribution in [0.1, 0.15) is 26.2 Å². The Bertz CT molecular complexity index is 161. The quantitative estimate of drug-likeness (QED) is 0.539. The smallest absolute Gasteiger partial charge is 0.0591 e. The second-order valence-electron chi connectivity index (χ2n) is 4.07. The molecular weight excluding hydrogens is 214 g/mol. The largest absolute Gasteiger partial charge is 0.381 e. The van der Waals surface area contributed by atoms with Crippen molar-refractivity contribution in [3.05, 3.63) is 0 Å². The molecule has 0 aromatic rings. The van der Waals surface area contributed by atoms with Crippen LogP contribution in [0.2, 0.25) is 0 Å². The average molecular weight is 236 g/mol. The first-order valence-electron chi connectivity index (χ1n) is 5.79. The Balaban J connectivity index is 2.15. The molecular formula is C11H22ClNO2. The van der Waals surface area contributed by atoms with Crippen LogP contribution >= 0.6 is 11.6 Å². The number of hydrogen-bond donors (Lipinski definition) is 1. The second kappa shape index (κ2) is 7.44. The molecule has 0 radical (unpaired) electrons. The van der Waals surface area contributed by atoms with Crippen molar-refractivity contribution in [1.29, 1.82) is 0 Å². The van der Waals surface area contributed by atoms with Crippen LogP contribution in [-0.2, 0) is 9.47 Å². The molecule has 0 spiro atoms. The van der Waals surface area contributed by atoms with Gasteiger partial charge in [-0.3, -0.25) is 0 Å². The third-order valence-electron chi connectivity index (χ3n) is 2.80. The third kappa shape index (κ3) is 4.68. The lowest BCUT2D eigenvalue weighted by atomic mass is 9.92. The standard InChI is InChI=1S/C11H22ClNO2/c1-2-6-14-9-5-13-11(10-12)3-7-15-8-4-11/h13H,2-10H2,1H3. The number of hydrogen-bond acceptors (Lipinski definition) is 3. The molecule has 3 nitrogen and oxygen atoms in total. The van der Waals surface area contributed by atoms with Gasteiger partial charge >= 0.3 is 0 Å². The molecule has 1 aliphatic heterocycles. The molecule has 0 saturated carbocycles. The summed E-state index contributed by atoms with van der Waals surface area (Å²) in [6.45, 7) is 6.25. The molecule has 1 aliphatic rings. The summed E-state index contributed by atoms with van der Waals surface area (Å²) < 4.78 is 10.8. The van der Waals surface area contributed by atoms with Gasteiger partial charge in [0.05, 0.1) is 6.61 Å². The van der Waals surface area contributed by atoms with Crippen LogP contribution in [0.4, 0.5) is 0 Å². The summed E-state index contributed by atoms with van der Waals surface area (Å²) >= 11 is 6.02. The maximum absolute atomic E-state index is 6.02. The van der Waals surface area contributed by atoms with E-state index in [4.69, 9.17) is 21.1 Å². The first-order chi connectivity index (χ1) is 7.33. The number of nitrogens with one attached hydrogen (secondary N) is 1. The molecule has 0 amide bonds. The van der Waals surface area contributed by atoms with Gasteiger partial charge in [0, 0.05) is 37.8 Å². The lowest BCUT2D eigenvalue weighted by molar-refractivity contribution is 0.0417. The molecule has 4 heteroatoms. The van der Waals surface area contributed by atoms with Gasteiger partial charge in [0.2, 0.25) is 0 Å². The van der Waals surface area contributed by atoms with Crippen molar-refractivity contribution >= 4 is 11.6 Å². The highest BCUT2D eigenvalue weighted by Gasteiger charge is 2.30. The minimum absolute atomic E-state index is 0.0788. The summed E-state index contributed by atoms with van der Waals surface area (Å²) in [6, 6.07) is 0. The highest BCUT2D eigenvalue weighted by molar-refractivity contribution is 6.18. The SMILES string of the molecule is CCCOCCNC1(CCl)CCOCC1. The van der Waals surface area contributed by atoms with Crippen molar-refractivity contribution in [1.82, 2.24) is 5.32 Å². The normalized spacial score (nSPS) is 20.4. The van der Waals surface area contributed by atoms with Crippen LogP contribution in [0.15, 0.2) is 0 Å². The fourth-order valence-electron chi connectivity index (χ4n) is 1.75. The molecule has 0 aromatic heterocycles. The summed E-state index contributed by atoms with van der Waals surface area (Å²) in [4.78, 5) is 0. The van der Waals surface area contributed by atoms with Crippen LogP contribution in [0.25, 0.3) is 0 Å². The Morgan fingerprint density at radius 1 is 1.33 bits per heavy atom. The fraction of sp³-hybridized carbons (Fsp3) is 1.00. The van der Waals surface area contributed by atoms with Crippen LogP contribution in [0.5, 0.6) is 0 Å². The zero-order valence-corrected chi connectivity index (χ0v) is 10.3. The van der Waals surface area contributed by atoms with Crippen molar-refractivity contribution in [2.45, 2.75) is 31.7 Å². The molecule has 1 N–H and O–H groups in total. The predicted molar refractivity (Wildman–Crippen MR) is 62.6 cm³/mol. The van der Waals surface area contributed by atoms with Crippen LogP contribution < -0.4 is 5.32 Å². The van der Waals surface area contributed by atoms with Crippen LogP contribution in [-0.4, -0.2) is 44.4 Å². The number of halogens is 1. The molecule has 0 bridgehead atoms. The van der Waals surface area contributed by atoms with E-state index in [1.54, 1.807) is 0 Å². The lowest BCUT2D eigenvalue weighted by Gasteiger charge is -2.36.